The molecule has 0 radical (unpaired) electrons. The Hall–Kier alpha value is -3.37. The minimum atomic E-state index is -4.05. The monoisotopic (exact) mass is 514 g/mol. The van der Waals surface area contributed by atoms with Gasteiger partial charge in [-0.2, -0.15) is 0 Å². The van der Waals surface area contributed by atoms with Gasteiger partial charge >= 0.3 is 5.97 Å². The van der Waals surface area contributed by atoms with Crippen LogP contribution in [0, 0.1) is 0 Å². The Balaban J connectivity index is 1.65. The topological polar surface area (TPSA) is 102 Å². The second-order valence-electron chi connectivity index (χ2n) is 7.85. The van der Waals surface area contributed by atoms with Crippen LogP contribution in [0.5, 0.6) is 5.75 Å². The number of anilines is 2. The van der Waals surface area contributed by atoms with Crippen LogP contribution in [-0.2, 0) is 32.4 Å². The quantitative estimate of drug-likeness (QED) is 0.428. The number of aryl methyl sites for hydroxylation is 1. The lowest BCUT2D eigenvalue weighted by atomic mass is 10.1. The first kappa shape index (κ1) is 24.7. The zero-order valence-electron chi connectivity index (χ0n) is 19.4. The summed E-state index contributed by atoms with van der Waals surface area (Å²) in [7, 11) is -2.53. The third-order valence-electron chi connectivity index (χ3n) is 5.63. The molecule has 1 aromatic heterocycles. The fourth-order valence-corrected chi connectivity index (χ4v) is 6.73. The van der Waals surface area contributed by atoms with Gasteiger partial charge in [-0.25, -0.2) is 13.2 Å². The van der Waals surface area contributed by atoms with Crippen molar-refractivity contribution in [3.8, 4) is 5.75 Å². The van der Waals surface area contributed by atoms with E-state index in [1.807, 2.05) is 0 Å². The fourth-order valence-electron chi connectivity index (χ4n) is 3.99. The van der Waals surface area contributed by atoms with Crippen LogP contribution in [0.25, 0.3) is 0 Å². The predicted molar refractivity (Wildman–Crippen MR) is 135 cm³/mol. The summed E-state index contributed by atoms with van der Waals surface area (Å²) >= 11 is 1.35. The van der Waals surface area contributed by atoms with Crippen molar-refractivity contribution in [3.63, 3.8) is 0 Å². The number of carbonyl (C=O) groups is 2. The Morgan fingerprint density at radius 1 is 1.06 bits per heavy atom. The van der Waals surface area contributed by atoms with Crippen molar-refractivity contribution < 1.29 is 27.5 Å². The molecular weight excluding hydrogens is 488 g/mol. The van der Waals surface area contributed by atoms with Crippen LogP contribution in [0.3, 0.4) is 0 Å². The molecule has 4 rings (SSSR count). The molecule has 0 saturated heterocycles. The van der Waals surface area contributed by atoms with Crippen molar-refractivity contribution in [2.75, 3.05) is 29.9 Å². The molecule has 2 aromatic carbocycles. The number of carbonyl (C=O) groups excluding carboxylic acids is 2. The molecule has 8 nitrogen and oxygen atoms in total. The number of thiophene rings is 1. The lowest BCUT2D eigenvalue weighted by molar-refractivity contribution is -0.114. The van der Waals surface area contributed by atoms with Gasteiger partial charge in [0.15, 0.2) is 0 Å². The van der Waals surface area contributed by atoms with E-state index in [0.29, 0.717) is 22.0 Å². The summed E-state index contributed by atoms with van der Waals surface area (Å²) in [5.41, 5.74) is 1.59. The molecule has 184 valence electrons. The molecule has 0 bridgehead atoms. The molecular formula is C25H26N2O6S2. The maximum Gasteiger partial charge on any atom is 0.341 e. The number of fused-ring (bicyclic) bond motifs is 1. The first-order valence-electron chi connectivity index (χ1n) is 11.2. The van der Waals surface area contributed by atoms with Crippen molar-refractivity contribution in [3.05, 3.63) is 70.6 Å². The standard InChI is InChI=1S/C25H26N2O6S2/c1-3-33-25(29)23-20-10-7-11-21(20)34-24(23)26-22(28)16-27(17-12-14-18(32-2)15-13-17)35(30,31)19-8-5-4-6-9-19/h4-6,8-9,12-15H,3,7,10-11,16H2,1-2H3,(H,26,28). The number of amides is 1. The number of hydrogen-bond acceptors (Lipinski definition) is 7. The first-order chi connectivity index (χ1) is 16.8. The Morgan fingerprint density at radius 2 is 1.77 bits per heavy atom. The molecule has 0 aliphatic heterocycles. The maximum absolute atomic E-state index is 13.5. The van der Waals surface area contributed by atoms with Gasteiger partial charge in [0, 0.05) is 4.88 Å². The van der Waals surface area contributed by atoms with E-state index in [0.717, 1.165) is 34.0 Å². The number of nitrogens with zero attached hydrogens (tertiary/aromatic N) is 1. The van der Waals surface area contributed by atoms with Gasteiger partial charge in [-0.3, -0.25) is 9.10 Å². The van der Waals surface area contributed by atoms with Gasteiger partial charge in [0.25, 0.3) is 10.0 Å². The average molecular weight is 515 g/mol. The molecule has 0 atom stereocenters. The molecule has 1 aliphatic carbocycles. The van der Waals surface area contributed by atoms with E-state index in [4.69, 9.17) is 9.47 Å². The molecule has 0 saturated carbocycles. The number of rotatable bonds is 9. The SMILES string of the molecule is CCOC(=O)c1c(NC(=O)CN(c2ccc(OC)cc2)S(=O)(=O)c2ccccc2)sc2c1CCC2. The van der Waals surface area contributed by atoms with Gasteiger partial charge in [-0.15, -0.1) is 11.3 Å². The van der Waals surface area contributed by atoms with Gasteiger partial charge in [-0.05, 0) is 68.1 Å². The summed E-state index contributed by atoms with van der Waals surface area (Å²) in [5, 5.41) is 3.17. The van der Waals surface area contributed by atoms with Crippen LogP contribution in [0.1, 0.15) is 34.1 Å². The van der Waals surface area contributed by atoms with Crippen molar-refractivity contribution in [1.29, 1.82) is 0 Å². The van der Waals surface area contributed by atoms with Crippen molar-refractivity contribution in [2.45, 2.75) is 31.1 Å². The molecule has 0 spiro atoms. The largest absolute Gasteiger partial charge is 0.497 e. The highest BCUT2D eigenvalue weighted by Gasteiger charge is 2.31. The number of nitrogens with one attached hydrogen (secondary N) is 1. The number of esters is 1. The van der Waals surface area contributed by atoms with Gasteiger partial charge in [0.05, 0.1) is 29.9 Å². The van der Waals surface area contributed by atoms with Crippen molar-refractivity contribution >= 4 is 43.9 Å². The molecule has 1 N–H and O–H groups in total. The normalized spacial score (nSPS) is 12.6. The second-order valence-corrected chi connectivity index (χ2v) is 10.8. The highest BCUT2D eigenvalue weighted by atomic mass is 32.2. The Kier molecular flexibility index (Phi) is 7.42. The van der Waals surface area contributed by atoms with Crippen LogP contribution in [0.4, 0.5) is 10.7 Å². The Labute approximate surface area is 208 Å². The number of methoxy groups -OCH3 is 1. The van der Waals surface area contributed by atoms with E-state index < -0.39 is 28.4 Å². The molecule has 0 fully saturated rings. The van der Waals surface area contributed by atoms with E-state index in [-0.39, 0.29) is 11.5 Å². The van der Waals surface area contributed by atoms with Gasteiger partial charge < -0.3 is 14.8 Å². The molecule has 1 aliphatic rings. The van der Waals surface area contributed by atoms with Crippen molar-refractivity contribution in [1.82, 2.24) is 0 Å². The summed E-state index contributed by atoms with van der Waals surface area (Å²) in [6.07, 6.45) is 2.53. The van der Waals surface area contributed by atoms with Crippen LogP contribution in [0.2, 0.25) is 0 Å². The Bertz CT molecular complexity index is 1320. The molecule has 10 heteroatoms. The van der Waals surface area contributed by atoms with E-state index in [1.165, 1.54) is 30.6 Å². The molecule has 35 heavy (non-hydrogen) atoms. The maximum atomic E-state index is 13.5. The van der Waals surface area contributed by atoms with Crippen LogP contribution in [0.15, 0.2) is 59.5 Å². The lowest BCUT2D eigenvalue weighted by Crippen LogP contribution is -2.38. The van der Waals surface area contributed by atoms with Crippen LogP contribution >= 0.6 is 11.3 Å². The summed E-state index contributed by atoms with van der Waals surface area (Å²) in [5.74, 6) is -0.487. The number of sulfonamides is 1. The lowest BCUT2D eigenvalue weighted by Gasteiger charge is -2.24. The average Bonchev–Trinajstić information content (AvgIpc) is 3.44. The zero-order valence-corrected chi connectivity index (χ0v) is 21.1. The zero-order chi connectivity index (χ0) is 25.0. The third kappa shape index (κ3) is 5.18. The predicted octanol–water partition coefficient (Wildman–Crippen LogP) is 4.26. The molecule has 3 aromatic rings. The number of benzene rings is 2. The van der Waals surface area contributed by atoms with E-state index in [2.05, 4.69) is 5.32 Å². The third-order valence-corrected chi connectivity index (χ3v) is 8.63. The fraction of sp³-hybridized carbons (Fsp3) is 0.280. The number of hydrogen-bond donors (Lipinski definition) is 1. The summed E-state index contributed by atoms with van der Waals surface area (Å²) in [4.78, 5) is 26.9. The first-order valence-corrected chi connectivity index (χ1v) is 13.4. The summed E-state index contributed by atoms with van der Waals surface area (Å²) in [6.45, 7) is 1.47. The van der Waals surface area contributed by atoms with E-state index >= 15 is 0 Å². The van der Waals surface area contributed by atoms with Gasteiger partial charge in [0.1, 0.15) is 17.3 Å². The highest BCUT2D eigenvalue weighted by molar-refractivity contribution is 7.92. The highest BCUT2D eigenvalue weighted by Crippen LogP contribution is 2.39. The van der Waals surface area contributed by atoms with Crippen LogP contribution in [-0.4, -0.2) is 40.6 Å². The smallest absolute Gasteiger partial charge is 0.341 e. The summed E-state index contributed by atoms with van der Waals surface area (Å²) in [6, 6.07) is 14.3. The van der Waals surface area contributed by atoms with Gasteiger partial charge in [0.2, 0.25) is 5.91 Å². The second kappa shape index (κ2) is 10.5. The van der Waals surface area contributed by atoms with Crippen LogP contribution < -0.4 is 14.4 Å². The molecule has 1 amide bonds. The minimum absolute atomic E-state index is 0.0610. The van der Waals surface area contributed by atoms with E-state index in [9.17, 15) is 18.0 Å². The van der Waals surface area contributed by atoms with Crippen molar-refractivity contribution in [2.24, 2.45) is 0 Å². The minimum Gasteiger partial charge on any atom is -0.497 e. The van der Waals surface area contributed by atoms with Gasteiger partial charge in [-0.1, -0.05) is 18.2 Å². The Morgan fingerprint density at radius 3 is 2.43 bits per heavy atom. The number of ether oxygens (including phenoxy) is 2. The molecule has 0 unspecified atom stereocenters. The molecule has 1 heterocycles. The summed E-state index contributed by atoms with van der Waals surface area (Å²) < 4.78 is 38.4. The van der Waals surface area contributed by atoms with E-state index in [1.54, 1.807) is 49.4 Å².